The van der Waals surface area contributed by atoms with E-state index in [-0.39, 0.29) is 0 Å². The van der Waals surface area contributed by atoms with E-state index in [1.165, 1.54) is 0 Å². The van der Waals surface area contributed by atoms with Crippen molar-refractivity contribution in [1.29, 1.82) is 0 Å². The average Bonchev–Trinajstić information content (AvgIpc) is 3.35. The van der Waals surface area contributed by atoms with Gasteiger partial charge in [0.05, 0.1) is 45.6 Å². The van der Waals surface area contributed by atoms with E-state index in [1.807, 2.05) is 109 Å². The molecule has 0 radical (unpaired) electrons. The van der Waals surface area contributed by atoms with Gasteiger partial charge in [-0.15, -0.1) is 0 Å². The molecule has 0 saturated carbocycles. The Balaban J connectivity index is 1.05. The smallest absolute Gasteiger partial charge is 0.160 e. The third-order valence-corrected chi connectivity index (χ3v) is 10.2. The highest BCUT2D eigenvalue weighted by Crippen LogP contribution is 2.34. The molecule has 60 heavy (non-hydrogen) atoms. The molecule has 5 heterocycles. The van der Waals surface area contributed by atoms with Crippen molar-refractivity contribution in [3.63, 3.8) is 0 Å². The van der Waals surface area contributed by atoms with E-state index in [9.17, 15) is 0 Å². The van der Waals surface area contributed by atoms with Gasteiger partial charge in [0.25, 0.3) is 0 Å². The van der Waals surface area contributed by atoms with Crippen LogP contribution >= 0.6 is 0 Å². The second-order valence-corrected chi connectivity index (χ2v) is 14.2. The Labute approximate surface area is 347 Å². The highest BCUT2D eigenvalue weighted by atomic mass is 14.9. The first-order valence-corrected chi connectivity index (χ1v) is 19.7. The lowest BCUT2D eigenvalue weighted by Crippen LogP contribution is -1.98. The van der Waals surface area contributed by atoms with Crippen molar-refractivity contribution in [2.75, 3.05) is 0 Å². The van der Waals surface area contributed by atoms with Gasteiger partial charge < -0.3 is 0 Å². The highest BCUT2D eigenvalue weighted by Gasteiger charge is 2.16. The van der Waals surface area contributed by atoms with Crippen LogP contribution in [0.3, 0.4) is 0 Å². The standard InChI is InChI=1S/C53H35N7/c1-5-15-37(16-6-1)45-34-46(38-17-7-2-8-18-38)58-52(57-45)41-26-24-36(25-27-41)43-32-50(44-23-13-14-29-54-44)56-51(33-43)49-31-42(28-30-55-49)53-59-47(39-19-9-3-10-20-39)35-48(60-53)40-21-11-4-12-22-40/h1-35H. The largest absolute Gasteiger partial charge is 0.255 e. The van der Waals surface area contributed by atoms with Gasteiger partial charge >= 0.3 is 0 Å². The van der Waals surface area contributed by atoms with Gasteiger partial charge in [0.1, 0.15) is 0 Å². The van der Waals surface area contributed by atoms with Gasteiger partial charge in [0.2, 0.25) is 0 Å². The number of hydrogen-bond donors (Lipinski definition) is 0. The zero-order valence-electron chi connectivity index (χ0n) is 32.3. The van der Waals surface area contributed by atoms with E-state index in [4.69, 9.17) is 29.9 Å². The van der Waals surface area contributed by atoms with Gasteiger partial charge in [-0.1, -0.05) is 152 Å². The second kappa shape index (κ2) is 16.3. The molecule has 0 spiro atoms. The van der Waals surface area contributed by atoms with Gasteiger partial charge in [-0.2, -0.15) is 0 Å². The molecule has 0 bridgehead atoms. The zero-order valence-corrected chi connectivity index (χ0v) is 32.3. The van der Waals surface area contributed by atoms with Gasteiger partial charge in [-0.3, -0.25) is 9.97 Å². The first kappa shape index (κ1) is 36.1. The molecule has 0 saturated heterocycles. The van der Waals surface area contributed by atoms with Crippen LogP contribution < -0.4 is 0 Å². The quantitative estimate of drug-likeness (QED) is 0.144. The van der Waals surface area contributed by atoms with Crippen molar-refractivity contribution < 1.29 is 0 Å². The van der Waals surface area contributed by atoms with Crippen LogP contribution in [-0.2, 0) is 0 Å². The molecule has 0 unspecified atom stereocenters. The summed E-state index contributed by atoms with van der Waals surface area (Å²) >= 11 is 0. The highest BCUT2D eigenvalue weighted by molar-refractivity contribution is 5.79. The van der Waals surface area contributed by atoms with Crippen molar-refractivity contribution in [3.05, 3.63) is 213 Å². The van der Waals surface area contributed by atoms with Crippen molar-refractivity contribution >= 4 is 0 Å². The van der Waals surface area contributed by atoms with Crippen molar-refractivity contribution in [2.45, 2.75) is 0 Å². The van der Waals surface area contributed by atoms with Crippen LogP contribution in [-0.4, -0.2) is 34.9 Å². The Kier molecular flexibility index (Phi) is 9.79. The molecule has 282 valence electrons. The molecule has 0 aliphatic heterocycles. The number of aromatic nitrogens is 7. The van der Waals surface area contributed by atoms with E-state index in [1.54, 1.807) is 12.4 Å². The number of rotatable bonds is 9. The summed E-state index contributed by atoms with van der Waals surface area (Å²) in [7, 11) is 0. The molecule has 7 nitrogen and oxygen atoms in total. The van der Waals surface area contributed by atoms with E-state index < -0.39 is 0 Å². The first-order valence-electron chi connectivity index (χ1n) is 19.7. The fourth-order valence-corrected chi connectivity index (χ4v) is 7.18. The molecule has 10 rings (SSSR count). The van der Waals surface area contributed by atoms with Gasteiger partial charge in [0.15, 0.2) is 11.6 Å². The summed E-state index contributed by atoms with van der Waals surface area (Å²) in [5, 5.41) is 0. The summed E-state index contributed by atoms with van der Waals surface area (Å²) in [4.78, 5) is 34.8. The molecule has 7 heteroatoms. The molecular weight excluding hydrogens is 735 g/mol. The van der Waals surface area contributed by atoms with Crippen molar-refractivity contribution in [3.8, 4) is 102 Å². The van der Waals surface area contributed by atoms with Crippen molar-refractivity contribution in [2.24, 2.45) is 0 Å². The fraction of sp³-hybridized carbons (Fsp3) is 0. The Bertz CT molecular complexity index is 2940. The van der Waals surface area contributed by atoms with E-state index in [2.05, 4.69) is 96.0 Å². The zero-order chi connectivity index (χ0) is 40.1. The molecular formula is C53H35N7. The summed E-state index contributed by atoms with van der Waals surface area (Å²) in [5.74, 6) is 1.26. The first-order chi connectivity index (χ1) is 29.7. The molecule has 0 aliphatic carbocycles. The fourth-order valence-electron chi connectivity index (χ4n) is 7.18. The Hall–Kier alpha value is -8.29. The summed E-state index contributed by atoms with van der Waals surface area (Å²) in [6, 6.07) is 67.2. The maximum Gasteiger partial charge on any atom is 0.160 e. The van der Waals surface area contributed by atoms with E-state index in [0.29, 0.717) is 23.0 Å². The van der Waals surface area contributed by atoms with Crippen LogP contribution in [0.1, 0.15) is 0 Å². The predicted molar refractivity (Wildman–Crippen MR) is 240 cm³/mol. The maximum absolute atomic E-state index is 5.12. The Morgan fingerprint density at radius 1 is 0.200 bits per heavy atom. The minimum absolute atomic E-state index is 0.601. The molecule has 0 fully saturated rings. The summed E-state index contributed by atoms with van der Waals surface area (Å²) in [6.07, 6.45) is 3.58. The third-order valence-electron chi connectivity index (χ3n) is 10.2. The van der Waals surface area contributed by atoms with Crippen LogP contribution in [0, 0.1) is 0 Å². The van der Waals surface area contributed by atoms with Gasteiger partial charge in [-0.05, 0) is 59.7 Å². The lowest BCUT2D eigenvalue weighted by molar-refractivity contribution is 1.17. The molecule has 10 aromatic rings. The van der Waals surface area contributed by atoms with Crippen molar-refractivity contribution in [1.82, 2.24) is 34.9 Å². The predicted octanol–water partition coefficient (Wildman–Crippen LogP) is 12.5. The Morgan fingerprint density at radius 3 is 1.07 bits per heavy atom. The number of nitrogens with zero attached hydrogens (tertiary/aromatic N) is 7. The topological polar surface area (TPSA) is 90.2 Å². The van der Waals surface area contributed by atoms with Crippen LogP contribution in [0.5, 0.6) is 0 Å². The number of benzene rings is 5. The molecule has 5 aromatic carbocycles. The minimum Gasteiger partial charge on any atom is -0.255 e. The van der Waals surface area contributed by atoms with Gasteiger partial charge in [-0.25, -0.2) is 24.9 Å². The maximum atomic E-state index is 5.12. The number of hydrogen-bond acceptors (Lipinski definition) is 7. The van der Waals surface area contributed by atoms with Crippen LogP contribution in [0.2, 0.25) is 0 Å². The molecule has 5 aromatic heterocycles. The molecule has 0 atom stereocenters. The molecule has 0 aliphatic rings. The molecule has 0 N–H and O–H groups in total. The van der Waals surface area contributed by atoms with E-state index in [0.717, 1.165) is 78.7 Å². The lowest BCUT2D eigenvalue weighted by atomic mass is 10.0. The van der Waals surface area contributed by atoms with Gasteiger partial charge in [0, 0.05) is 45.8 Å². The summed E-state index contributed by atoms with van der Waals surface area (Å²) < 4.78 is 0. The third kappa shape index (κ3) is 7.71. The Morgan fingerprint density at radius 2 is 0.600 bits per heavy atom. The van der Waals surface area contributed by atoms with E-state index >= 15 is 0 Å². The average molecular weight is 770 g/mol. The summed E-state index contributed by atoms with van der Waals surface area (Å²) in [6.45, 7) is 0. The van der Waals surface area contributed by atoms with Crippen LogP contribution in [0.15, 0.2) is 213 Å². The van der Waals surface area contributed by atoms with Crippen LogP contribution in [0.4, 0.5) is 0 Å². The second-order valence-electron chi connectivity index (χ2n) is 14.2. The number of pyridine rings is 3. The summed E-state index contributed by atoms with van der Waals surface area (Å²) in [5.41, 5.74) is 14.1. The molecule has 0 amide bonds. The van der Waals surface area contributed by atoms with Crippen LogP contribution in [0.25, 0.3) is 102 Å². The monoisotopic (exact) mass is 769 g/mol. The SMILES string of the molecule is c1ccc(-c2cc(-c3ccccc3)nc(-c3ccc(-c4cc(-c5ccccn5)nc(-c5cc(-c6nc(-c7ccccc7)cc(-c7ccccc7)n6)ccn5)c4)cc3)n2)cc1. The lowest BCUT2D eigenvalue weighted by Gasteiger charge is -2.12. The minimum atomic E-state index is 0.601. The normalized spacial score (nSPS) is 11.0.